The summed E-state index contributed by atoms with van der Waals surface area (Å²) in [5.41, 5.74) is -0.553. The second-order valence-corrected chi connectivity index (χ2v) is 7.46. The van der Waals surface area contributed by atoms with Crippen molar-refractivity contribution < 1.29 is 19.1 Å². The van der Waals surface area contributed by atoms with Crippen LogP contribution in [0.3, 0.4) is 0 Å². The van der Waals surface area contributed by atoms with E-state index in [0.717, 1.165) is 12.8 Å². The van der Waals surface area contributed by atoms with Crippen LogP contribution < -0.4 is 10.6 Å². The minimum Gasteiger partial charge on any atom is -0.444 e. The van der Waals surface area contributed by atoms with Gasteiger partial charge in [-0.3, -0.25) is 4.79 Å². The zero-order chi connectivity index (χ0) is 19.7. The highest BCUT2D eigenvalue weighted by atomic mass is 16.6. The Morgan fingerprint density at radius 2 is 1.69 bits per heavy atom. The van der Waals surface area contributed by atoms with E-state index in [0.29, 0.717) is 26.2 Å². The van der Waals surface area contributed by atoms with Gasteiger partial charge in [-0.25, -0.2) is 9.59 Å². The molecule has 1 heterocycles. The standard InChI is InChI=1S/C18H34N4O4/c1-6-21(7-2)17(25)22-12-9-14(10-13-22)20-15(23)8-11-19-16(24)26-18(3,4)5/h14H,6-13H2,1-5H3,(H,19,24)(H,20,23). The predicted molar refractivity (Wildman–Crippen MR) is 99.9 cm³/mol. The van der Waals surface area contributed by atoms with E-state index in [1.165, 1.54) is 0 Å². The molecule has 150 valence electrons. The Kier molecular flexibility index (Phi) is 8.68. The van der Waals surface area contributed by atoms with Gasteiger partial charge in [0.1, 0.15) is 5.60 Å². The quantitative estimate of drug-likeness (QED) is 0.747. The first-order chi connectivity index (χ1) is 12.2. The molecule has 0 aromatic heterocycles. The molecule has 0 radical (unpaired) electrons. The van der Waals surface area contributed by atoms with Crippen LogP contribution in [0.1, 0.15) is 53.9 Å². The maximum atomic E-state index is 12.3. The van der Waals surface area contributed by atoms with Gasteiger partial charge in [0.15, 0.2) is 0 Å². The molecular formula is C18H34N4O4. The minimum absolute atomic E-state index is 0.0707. The van der Waals surface area contributed by atoms with Crippen LogP contribution in [-0.2, 0) is 9.53 Å². The van der Waals surface area contributed by atoms with E-state index in [-0.39, 0.29) is 30.9 Å². The third kappa shape index (κ3) is 7.93. The van der Waals surface area contributed by atoms with Crippen LogP contribution in [0.5, 0.6) is 0 Å². The zero-order valence-electron chi connectivity index (χ0n) is 16.8. The normalized spacial score (nSPS) is 15.3. The highest BCUT2D eigenvalue weighted by Crippen LogP contribution is 2.13. The summed E-state index contributed by atoms with van der Waals surface area (Å²) in [7, 11) is 0. The van der Waals surface area contributed by atoms with Gasteiger partial charge < -0.3 is 25.2 Å². The topological polar surface area (TPSA) is 91.0 Å². The lowest BCUT2D eigenvalue weighted by Gasteiger charge is -2.35. The molecule has 0 aromatic carbocycles. The highest BCUT2D eigenvalue weighted by molar-refractivity contribution is 5.77. The molecular weight excluding hydrogens is 336 g/mol. The fraction of sp³-hybridized carbons (Fsp3) is 0.833. The summed E-state index contributed by atoms with van der Waals surface area (Å²) in [6, 6.07) is 0.145. The van der Waals surface area contributed by atoms with Crippen molar-refractivity contribution in [3.63, 3.8) is 0 Å². The fourth-order valence-electron chi connectivity index (χ4n) is 2.80. The Bertz CT molecular complexity index is 478. The van der Waals surface area contributed by atoms with E-state index in [4.69, 9.17) is 4.74 Å². The molecule has 0 bridgehead atoms. The van der Waals surface area contributed by atoms with Gasteiger partial charge in [0, 0.05) is 45.2 Å². The SMILES string of the molecule is CCN(CC)C(=O)N1CCC(NC(=O)CCNC(=O)OC(C)(C)C)CC1. The van der Waals surface area contributed by atoms with Gasteiger partial charge >= 0.3 is 12.1 Å². The Morgan fingerprint density at radius 1 is 1.12 bits per heavy atom. The number of likely N-dealkylation sites (tertiary alicyclic amines) is 1. The first-order valence-corrected chi connectivity index (χ1v) is 9.46. The van der Waals surface area contributed by atoms with E-state index in [1.807, 2.05) is 18.7 Å². The lowest BCUT2D eigenvalue weighted by molar-refractivity contribution is -0.121. The van der Waals surface area contributed by atoms with Crippen molar-refractivity contribution in [2.24, 2.45) is 0 Å². The number of urea groups is 1. The van der Waals surface area contributed by atoms with E-state index in [9.17, 15) is 14.4 Å². The first-order valence-electron chi connectivity index (χ1n) is 9.46. The molecule has 4 amide bonds. The van der Waals surface area contributed by atoms with Crippen LogP contribution >= 0.6 is 0 Å². The molecule has 1 aliphatic rings. The number of alkyl carbamates (subject to hydrolysis) is 1. The van der Waals surface area contributed by atoms with Gasteiger partial charge in [-0.1, -0.05) is 0 Å². The maximum absolute atomic E-state index is 12.3. The van der Waals surface area contributed by atoms with Gasteiger partial charge in [0.05, 0.1) is 0 Å². The number of ether oxygens (including phenoxy) is 1. The van der Waals surface area contributed by atoms with Crippen molar-refractivity contribution >= 4 is 18.0 Å². The minimum atomic E-state index is -0.553. The molecule has 1 saturated heterocycles. The van der Waals surface area contributed by atoms with E-state index < -0.39 is 11.7 Å². The highest BCUT2D eigenvalue weighted by Gasteiger charge is 2.26. The van der Waals surface area contributed by atoms with Crippen LogP contribution in [-0.4, -0.2) is 72.2 Å². The van der Waals surface area contributed by atoms with Crippen LogP contribution in [0.15, 0.2) is 0 Å². The number of carbonyl (C=O) groups is 3. The van der Waals surface area contributed by atoms with Gasteiger partial charge in [-0.05, 0) is 47.5 Å². The van der Waals surface area contributed by atoms with Gasteiger partial charge in [-0.15, -0.1) is 0 Å². The molecule has 2 N–H and O–H groups in total. The molecule has 26 heavy (non-hydrogen) atoms. The van der Waals surface area contributed by atoms with Crippen LogP contribution in [0, 0.1) is 0 Å². The molecule has 1 rings (SSSR count). The number of piperidine rings is 1. The second-order valence-electron chi connectivity index (χ2n) is 7.46. The lowest BCUT2D eigenvalue weighted by atomic mass is 10.1. The smallest absolute Gasteiger partial charge is 0.407 e. The van der Waals surface area contributed by atoms with E-state index >= 15 is 0 Å². The van der Waals surface area contributed by atoms with Crippen molar-refractivity contribution in [3.05, 3.63) is 0 Å². The maximum Gasteiger partial charge on any atom is 0.407 e. The summed E-state index contributed by atoms with van der Waals surface area (Å²) in [5, 5.41) is 5.55. The Labute approximate surface area is 156 Å². The molecule has 0 aliphatic carbocycles. The number of nitrogens with one attached hydrogen (secondary N) is 2. The Morgan fingerprint density at radius 3 is 2.19 bits per heavy atom. The molecule has 1 aliphatic heterocycles. The summed E-state index contributed by atoms with van der Waals surface area (Å²) in [6.45, 7) is 12.3. The molecule has 0 unspecified atom stereocenters. The Balaban J connectivity index is 2.25. The van der Waals surface area contributed by atoms with E-state index in [1.54, 1.807) is 25.7 Å². The van der Waals surface area contributed by atoms with Crippen molar-refractivity contribution in [2.45, 2.75) is 65.5 Å². The van der Waals surface area contributed by atoms with Crippen molar-refractivity contribution in [1.82, 2.24) is 20.4 Å². The second kappa shape index (κ2) is 10.2. The summed E-state index contributed by atoms with van der Waals surface area (Å²) >= 11 is 0. The Hall–Kier alpha value is -1.99. The number of carbonyl (C=O) groups excluding carboxylic acids is 3. The first kappa shape index (κ1) is 22.1. The average molecular weight is 370 g/mol. The molecule has 8 nitrogen and oxygen atoms in total. The van der Waals surface area contributed by atoms with Crippen LogP contribution in [0.25, 0.3) is 0 Å². The van der Waals surface area contributed by atoms with Crippen molar-refractivity contribution in [3.8, 4) is 0 Å². The number of hydrogen-bond donors (Lipinski definition) is 2. The lowest BCUT2D eigenvalue weighted by Crippen LogP contribution is -2.50. The van der Waals surface area contributed by atoms with Crippen molar-refractivity contribution in [2.75, 3.05) is 32.7 Å². The third-order valence-corrected chi connectivity index (χ3v) is 4.18. The number of hydrogen-bond acceptors (Lipinski definition) is 4. The van der Waals surface area contributed by atoms with E-state index in [2.05, 4.69) is 10.6 Å². The molecule has 0 atom stereocenters. The van der Waals surface area contributed by atoms with Gasteiger partial charge in [-0.2, -0.15) is 0 Å². The summed E-state index contributed by atoms with van der Waals surface area (Å²) in [4.78, 5) is 39.5. The summed E-state index contributed by atoms with van der Waals surface area (Å²) in [5.74, 6) is -0.102. The number of amides is 4. The number of rotatable bonds is 6. The van der Waals surface area contributed by atoms with Gasteiger partial charge in [0.2, 0.25) is 5.91 Å². The monoisotopic (exact) mass is 370 g/mol. The fourth-order valence-corrected chi connectivity index (χ4v) is 2.80. The molecule has 8 heteroatoms. The largest absolute Gasteiger partial charge is 0.444 e. The molecule has 1 fully saturated rings. The van der Waals surface area contributed by atoms with Crippen LogP contribution in [0.2, 0.25) is 0 Å². The van der Waals surface area contributed by atoms with Crippen LogP contribution in [0.4, 0.5) is 9.59 Å². The van der Waals surface area contributed by atoms with Gasteiger partial charge in [0.25, 0.3) is 0 Å². The summed E-state index contributed by atoms with van der Waals surface area (Å²) < 4.78 is 5.12. The predicted octanol–water partition coefficient (Wildman–Crippen LogP) is 1.94. The molecule has 0 aromatic rings. The summed E-state index contributed by atoms with van der Waals surface area (Å²) in [6.07, 6.45) is 1.18. The third-order valence-electron chi connectivity index (χ3n) is 4.18. The molecule has 0 spiro atoms. The number of nitrogens with zero attached hydrogens (tertiary/aromatic N) is 2. The van der Waals surface area contributed by atoms with Crippen molar-refractivity contribution in [1.29, 1.82) is 0 Å². The molecule has 0 saturated carbocycles. The zero-order valence-corrected chi connectivity index (χ0v) is 16.8. The average Bonchev–Trinajstić information content (AvgIpc) is 2.54.